The zero-order valence-corrected chi connectivity index (χ0v) is 13.7. The number of halogens is 2. The topological polar surface area (TPSA) is 50.4 Å². The fourth-order valence-corrected chi connectivity index (χ4v) is 2.39. The predicted molar refractivity (Wildman–Crippen MR) is 87.4 cm³/mol. The molecule has 0 aliphatic carbocycles. The molecule has 1 aromatic carbocycles. The van der Waals surface area contributed by atoms with E-state index in [4.69, 9.17) is 16.3 Å². The molecule has 1 fully saturated rings. The Bertz CT molecular complexity index is 434. The Hall–Kier alpha value is -0.970. The largest absolute Gasteiger partial charge is 0.489 e. The van der Waals surface area contributed by atoms with Gasteiger partial charge in [0.05, 0.1) is 6.54 Å². The average Bonchev–Trinajstić information content (AvgIpc) is 2.48. The van der Waals surface area contributed by atoms with Gasteiger partial charge < -0.3 is 15.4 Å². The van der Waals surface area contributed by atoms with Gasteiger partial charge in [-0.05, 0) is 57.1 Å². The maximum atomic E-state index is 12.0. The van der Waals surface area contributed by atoms with Crippen molar-refractivity contribution in [2.75, 3.05) is 19.6 Å². The van der Waals surface area contributed by atoms with E-state index in [9.17, 15) is 4.79 Å². The molecule has 0 aromatic heterocycles. The molecule has 4 nitrogen and oxygen atoms in total. The highest BCUT2D eigenvalue weighted by atomic mass is 35.5. The molecule has 1 heterocycles. The molecule has 0 spiro atoms. The van der Waals surface area contributed by atoms with E-state index in [2.05, 4.69) is 10.6 Å². The van der Waals surface area contributed by atoms with E-state index >= 15 is 0 Å². The van der Waals surface area contributed by atoms with E-state index in [1.54, 1.807) is 12.1 Å². The molecule has 1 aromatic rings. The van der Waals surface area contributed by atoms with Gasteiger partial charge in [-0.25, -0.2) is 0 Å². The monoisotopic (exact) mass is 332 g/mol. The van der Waals surface area contributed by atoms with Crippen LogP contribution in [0.3, 0.4) is 0 Å². The number of carbonyl (C=O) groups is 1. The summed E-state index contributed by atoms with van der Waals surface area (Å²) in [6, 6.07) is 7.23. The highest BCUT2D eigenvalue weighted by Crippen LogP contribution is 2.17. The van der Waals surface area contributed by atoms with Gasteiger partial charge >= 0.3 is 0 Å². The van der Waals surface area contributed by atoms with E-state index in [1.807, 2.05) is 19.1 Å². The second kappa shape index (κ2) is 9.13. The summed E-state index contributed by atoms with van der Waals surface area (Å²) >= 11 is 5.82. The fourth-order valence-electron chi connectivity index (χ4n) is 2.26. The van der Waals surface area contributed by atoms with Gasteiger partial charge in [-0.1, -0.05) is 11.6 Å². The minimum absolute atomic E-state index is 0. The fraction of sp³-hybridized carbons (Fsp3) is 0.533. The van der Waals surface area contributed by atoms with Crippen molar-refractivity contribution < 1.29 is 9.53 Å². The van der Waals surface area contributed by atoms with E-state index in [-0.39, 0.29) is 30.3 Å². The van der Waals surface area contributed by atoms with Crippen molar-refractivity contribution in [2.24, 2.45) is 5.92 Å². The predicted octanol–water partition coefficient (Wildman–Crippen LogP) is 2.64. The Labute approximate surface area is 137 Å². The van der Waals surface area contributed by atoms with Crippen LogP contribution in [0.2, 0.25) is 5.02 Å². The molecule has 21 heavy (non-hydrogen) atoms. The van der Waals surface area contributed by atoms with Crippen LogP contribution in [0.1, 0.15) is 19.8 Å². The lowest BCUT2D eigenvalue weighted by Gasteiger charge is -2.23. The highest BCUT2D eigenvalue weighted by Gasteiger charge is 2.21. The van der Waals surface area contributed by atoms with Crippen LogP contribution in [-0.2, 0) is 4.79 Å². The Kier molecular flexibility index (Phi) is 7.86. The normalized spacial score (nSPS) is 16.7. The number of hydrogen-bond acceptors (Lipinski definition) is 3. The van der Waals surface area contributed by atoms with E-state index < -0.39 is 0 Å². The van der Waals surface area contributed by atoms with Crippen LogP contribution >= 0.6 is 24.0 Å². The number of ether oxygens (including phenoxy) is 1. The minimum Gasteiger partial charge on any atom is -0.489 e. The number of rotatable bonds is 5. The van der Waals surface area contributed by atoms with Crippen LogP contribution in [0.15, 0.2) is 24.3 Å². The summed E-state index contributed by atoms with van der Waals surface area (Å²) in [5.41, 5.74) is 0. The van der Waals surface area contributed by atoms with Gasteiger partial charge in [0.25, 0.3) is 0 Å². The quantitative estimate of drug-likeness (QED) is 0.871. The number of piperidine rings is 1. The first kappa shape index (κ1) is 18.1. The Balaban J connectivity index is 0.00000220. The molecule has 6 heteroatoms. The summed E-state index contributed by atoms with van der Waals surface area (Å²) in [6.45, 7) is 4.31. The first-order valence-electron chi connectivity index (χ1n) is 7.06. The molecule has 1 aliphatic heterocycles. The van der Waals surface area contributed by atoms with Crippen molar-refractivity contribution in [3.05, 3.63) is 29.3 Å². The standard InChI is InChI=1S/C15H21ClN2O2.ClH/c1-11(20-14-4-2-13(16)3-5-14)10-18-15(19)12-6-8-17-9-7-12;/h2-5,11-12,17H,6-10H2,1H3,(H,18,19);1H. The summed E-state index contributed by atoms with van der Waals surface area (Å²) in [5.74, 6) is 1.04. The third-order valence-corrected chi connectivity index (χ3v) is 3.68. The van der Waals surface area contributed by atoms with E-state index in [1.165, 1.54) is 0 Å². The molecule has 118 valence electrons. The van der Waals surface area contributed by atoms with Crippen molar-refractivity contribution in [3.8, 4) is 5.75 Å². The molecule has 2 rings (SSSR count). The van der Waals surface area contributed by atoms with Gasteiger partial charge in [0, 0.05) is 10.9 Å². The van der Waals surface area contributed by atoms with Gasteiger partial charge in [0.1, 0.15) is 11.9 Å². The Morgan fingerprint density at radius 1 is 1.38 bits per heavy atom. The van der Waals surface area contributed by atoms with Crippen LogP contribution in [0, 0.1) is 5.92 Å². The lowest BCUT2D eigenvalue weighted by atomic mass is 9.97. The van der Waals surface area contributed by atoms with Gasteiger partial charge in [-0.2, -0.15) is 0 Å². The molecule has 1 saturated heterocycles. The minimum atomic E-state index is -0.0677. The lowest BCUT2D eigenvalue weighted by Crippen LogP contribution is -2.41. The molecule has 1 atom stereocenters. The van der Waals surface area contributed by atoms with Crippen LogP contribution in [0.5, 0.6) is 5.75 Å². The molecule has 0 bridgehead atoms. The van der Waals surface area contributed by atoms with Crippen molar-refractivity contribution >= 4 is 29.9 Å². The van der Waals surface area contributed by atoms with Crippen LogP contribution in [-0.4, -0.2) is 31.6 Å². The van der Waals surface area contributed by atoms with Gasteiger partial charge in [0.2, 0.25) is 5.91 Å². The van der Waals surface area contributed by atoms with E-state index in [0.717, 1.165) is 31.7 Å². The van der Waals surface area contributed by atoms with Crippen molar-refractivity contribution in [1.82, 2.24) is 10.6 Å². The van der Waals surface area contributed by atoms with Crippen LogP contribution in [0.25, 0.3) is 0 Å². The van der Waals surface area contributed by atoms with Crippen LogP contribution in [0.4, 0.5) is 0 Å². The van der Waals surface area contributed by atoms with Gasteiger partial charge in [-0.15, -0.1) is 12.4 Å². The zero-order chi connectivity index (χ0) is 14.4. The van der Waals surface area contributed by atoms with Gasteiger partial charge in [-0.3, -0.25) is 4.79 Å². The molecule has 1 unspecified atom stereocenters. The number of nitrogens with one attached hydrogen (secondary N) is 2. The average molecular weight is 333 g/mol. The van der Waals surface area contributed by atoms with Gasteiger partial charge in [0.15, 0.2) is 0 Å². The molecule has 1 amide bonds. The second-order valence-electron chi connectivity index (χ2n) is 5.15. The van der Waals surface area contributed by atoms with Crippen LogP contribution < -0.4 is 15.4 Å². The molecule has 2 N–H and O–H groups in total. The number of carbonyl (C=O) groups excluding carboxylic acids is 1. The molecular weight excluding hydrogens is 311 g/mol. The Morgan fingerprint density at radius 2 is 2.00 bits per heavy atom. The maximum Gasteiger partial charge on any atom is 0.223 e. The molecular formula is C15H22Cl2N2O2. The summed E-state index contributed by atoms with van der Waals surface area (Å²) < 4.78 is 5.72. The third-order valence-electron chi connectivity index (χ3n) is 3.42. The summed E-state index contributed by atoms with van der Waals surface area (Å²) in [7, 11) is 0. The Morgan fingerprint density at radius 3 is 2.62 bits per heavy atom. The zero-order valence-electron chi connectivity index (χ0n) is 12.1. The maximum absolute atomic E-state index is 12.0. The summed E-state index contributed by atoms with van der Waals surface area (Å²) in [4.78, 5) is 12.0. The first-order chi connectivity index (χ1) is 9.65. The summed E-state index contributed by atoms with van der Waals surface area (Å²) in [5, 5.41) is 6.91. The molecule has 1 aliphatic rings. The molecule has 0 saturated carbocycles. The second-order valence-corrected chi connectivity index (χ2v) is 5.59. The third kappa shape index (κ3) is 6.12. The number of hydrogen-bond donors (Lipinski definition) is 2. The lowest BCUT2D eigenvalue weighted by molar-refractivity contribution is -0.126. The van der Waals surface area contributed by atoms with E-state index in [0.29, 0.717) is 11.6 Å². The smallest absolute Gasteiger partial charge is 0.223 e. The van der Waals surface area contributed by atoms with Crippen molar-refractivity contribution in [1.29, 1.82) is 0 Å². The summed E-state index contributed by atoms with van der Waals surface area (Å²) in [6.07, 6.45) is 1.76. The first-order valence-corrected chi connectivity index (χ1v) is 7.43. The number of benzene rings is 1. The van der Waals surface area contributed by atoms with Crippen molar-refractivity contribution in [2.45, 2.75) is 25.9 Å². The van der Waals surface area contributed by atoms with Crippen molar-refractivity contribution in [3.63, 3.8) is 0 Å². The highest BCUT2D eigenvalue weighted by molar-refractivity contribution is 6.30. The SMILES string of the molecule is CC(CNC(=O)C1CCNCC1)Oc1ccc(Cl)cc1.Cl. The number of amides is 1. The molecule has 0 radical (unpaired) electrons.